The molecule has 5 heteroatoms. The van der Waals surface area contributed by atoms with Crippen LogP contribution >= 0.6 is 0 Å². The van der Waals surface area contributed by atoms with E-state index in [1.807, 2.05) is 20.8 Å². The fourth-order valence-electron chi connectivity index (χ4n) is 1.75. The van der Waals surface area contributed by atoms with E-state index in [1.165, 1.54) is 4.90 Å². The number of urea groups is 1. The fourth-order valence-corrected chi connectivity index (χ4v) is 1.75. The smallest absolute Gasteiger partial charge is 0.323 e. The molecule has 18 heavy (non-hydrogen) atoms. The molecule has 0 saturated carbocycles. The van der Waals surface area contributed by atoms with E-state index < -0.39 is 5.97 Å². The molecule has 0 unspecified atom stereocenters. The number of carbonyl (C=O) groups excluding carboxylic acids is 1. The topological polar surface area (TPSA) is 60.9 Å². The number of hydrogen-bond acceptors (Lipinski definition) is 2. The first-order valence-electron chi connectivity index (χ1n) is 6.67. The van der Waals surface area contributed by atoms with Crippen LogP contribution in [0.2, 0.25) is 0 Å². The molecule has 0 aromatic rings. The Bertz CT molecular complexity index is 267. The first kappa shape index (κ1) is 16.7. The van der Waals surface area contributed by atoms with Gasteiger partial charge in [0.1, 0.15) is 6.54 Å². The average Bonchev–Trinajstić information content (AvgIpc) is 2.27. The van der Waals surface area contributed by atoms with Gasteiger partial charge in [-0.25, -0.2) is 4.79 Å². The van der Waals surface area contributed by atoms with Gasteiger partial charge < -0.3 is 14.9 Å². The van der Waals surface area contributed by atoms with Gasteiger partial charge in [0, 0.05) is 19.6 Å². The molecule has 0 aliphatic heterocycles. The number of carboxylic acid groups (broad SMARTS) is 1. The molecule has 0 spiro atoms. The second-order valence-corrected chi connectivity index (χ2v) is 4.88. The highest BCUT2D eigenvalue weighted by Gasteiger charge is 2.22. The number of aliphatic carboxylic acids is 1. The molecule has 0 aliphatic carbocycles. The summed E-state index contributed by atoms with van der Waals surface area (Å²) in [6.45, 7) is 9.51. The van der Waals surface area contributed by atoms with E-state index in [9.17, 15) is 9.59 Å². The third-order valence-corrected chi connectivity index (χ3v) is 2.62. The average molecular weight is 258 g/mol. The van der Waals surface area contributed by atoms with Gasteiger partial charge in [0.2, 0.25) is 0 Å². The lowest BCUT2D eigenvalue weighted by Crippen LogP contribution is -2.47. The van der Waals surface area contributed by atoms with Crippen molar-refractivity contribution in [3.63, 3.8) is 0 Å². The maximum atomic E-state index is 12.2. The van der Waals surface area contributed by atoms with Crippen molar-refractivity contribution in [2.24, 2.45) is 5.92 Å². The van der Waals surface area contributed by atoms with Crippen molar-refractivity contribution >= 4 is 12.0 Å². The summed E-state index contributed by atoms with van der Waals surface area (Å²) in [5.74, 6) is -0.700. The maximum absolute atomic E-state index is 12.2. The molecular formula is C13H26N2O3. The van der Waals surface area contributed by atoms with Gasteiger partial charge in [0.15, 0.2) is 0 Å². The molecule has 1 N–H and O–H groups in total. The largest absolute Gasteiger partial charge is 0.480 e. The van der Waals surface area contributed by atoms with Gasteiger partial charge in [-0.1, -0.05) is 27.2 Å². The lowest BCUT2D eigenvalue weighted by Gasteiger charge is -2.30. The molecule has 0 fully saturated rings. The van der Waals surface area contributed by atoms with Gasteiger partial charge in [-0.05, 0) is 19.3 Å². The van der Waals surface area contributed by atoms with Crippen molar-refractivity contribution < 1.29 is 14.7 Å². The first-order valence-corrected chi connectivity index (χ1v) is 6.67. The number of rotatable bonds is 8. The molecule has 0 rings (SSSR count). The van der Waals surface area contributed by atoms with E-state index >= 15 is 0 Å². The van der Waals surface area contributed by atoms with E-state index in [0.717, 1.165) is 12.8 Å². The number of amides is 2. The standard InChI is InChI=1S/C13H26N2O3/c1-5-7-8-14(6-2)13(18)15(9-11(3)4)10-12(16)17/h11H,5-10H2,1-4H3,(H,16,17). The second-order valence-electron chi connectivity index (χ2n) is 4.88. The van der Waals surface area contributed by atoms with Crippen LogP contribution in [-0.4, -0.2) is 53.1 Å². The second kappa shape index (κ2) is 8.78. The highest BCUT2D eigenvalue weighted by molar-refractivity contribution is 5.80. The zero-order valence-electron chi connectivity index (χ0n) is 12.0. The van der Waals surface area contributed by atoms with Crippen LogP contribution < -0.4 is 0 Å². The van der Waals surface area contributed by atoms with E-state index in [1.54, 1.807) is 4.90 Å². The minimum atomic E-state index is -0.962. The molecule has 0 aromatic heterocycles. The lowest BCUT2D eigenvalue weighted by molar-refractivity contribution is -0.137. The molecule has 0 radical (unpaired) electrons. The highest BCUT2D eigenvalue weighted by Crippen LogP contribution is 2.05. The quantitative estimate of drug-likeness (QED) is 0.726. The normalized spacial score (nSPS) is 10.5. The SMILES string of the molecule is CCCCN(CC)C(=O)N(CC(=O)O)CC(C)C. The number of carboxylic acids is 1. The number of unbranched alkanes of at least 4 members (excludes halogenated alkanes) is 1. The third kappa shape index (κ3) is 6.47. The van der Waals surface area contributed by atoms with Gasteiger partial charge in [-0.3, -0.25) is 4.79 Å². The van der Waals surface area contributed by atoms with Crippen LogP contribution in [0.4, 0.5) is 4.79 Å². The molecule has 0 bridgehead atoms. The zero-order valence-corrected chi connectivity index (χ0v) is 12.0. The predicted molar refractivity (Wildman–Crippen MR) is 71.6 cm³/mol. The Hall–Kier alpha value is -1.26. The van der Waals surface area contributed by atoms with Crippen LogP contribution in [0.1, 0.15) is 40.5 Å². The number of hydrogen-bond donors (Lipinski definition) is 1. The van der Waals surface area contributed by atoms with E-state index in [-0.39, 0.29) is 18.5 Å². The van der Waals surface area contributed by atoms with Crippen molar-refractivity contribution in [1.29, 1.82) is 0 Å². The Balaban J connectivity index is 4.62. The fraction of sp³-hybridized carbons (Fsp3) is 0.846. The van der Waals surface area contributed by atoms with Crippen molar-refractivity contribution in [1.82, 2.24) is 9.80 Å². The van der Waals surface area contributed by atoms with Gasteiger partial charge in [0.05, 0.1) is 0 Å². The Kier molecular flexibility index (Phi) is 8.16. The molecule has 0 aromatic carbocycles. The minimum absolute atomic E-state index is 0.165. The Morgan fingerprint density at radius 1 is 1.17 bits per heavy atom. The number of carbonyl (C=O) groups is 2. The molecule has 5 nitrogen and oxygen atoms in total. The summed E-state index contributed by atoms with van der Waals surface area (Å²) in [5, 5.41) is 8.86. The van der Waals surface area contributed by atoms with Crippen molar-refractivity contribution in [2.75, 3.05) is 26.2 Å². The summed E-state index contributed by atoms with van der Waals surface area (Å²) in [4.78, 5) is 26.2. The summed E-state index contributed by atoms with van der Waals surface area (Å²) >= 11 is 0. The first-order chi connectivity index (χ1) is 8.42. The van der Waals surface area contributed by atoms with Crippen LogP contribution in [-0.2, 0) is 4.79 Å². The van der Waals surface area contributed by atoms with Crippen molar-refractivity contribution in [3.8, 4) is 0 Å². The molecular weight excluding hydrogens is 232 g/mol. The van der Waals surface area contributed by atoms with E-state index in [2.05, 4.69) is 6.92 Å². The third-order valence-electron chi connectivity index (χ3n) is 2.62. The molecule has 0 atom stereocenters. The minimum Gasteiger partial charge on any atom is -0.480 e. The predicted octanol–water partition coefficient (Wildman–Crippen LogP) is 2.27. The summed E-state index contributed by atoms with van der Waals surface area (Å²) in [6, 6.07) is -0.165. The molecule has 106 valence electrons. The molecule has 0 aliphatic rings. The highest BCUT2D eigenvalue weighted by atomic mass is 16.4. The molecule has 2 amide bonds. The Morgan fingerprint density at radius 3 is 2.17 bits per heavy atom. The van der Waals surface area contributed by atoms with Crippen LogP contribution in [0, 0.1) is 5.92 Å². The number of nitrogens with zero attached hydrogens (tertiary/aromatic N) is 2. The van der Waals surface area contributed by atoms with E-state index in [0.29, 0.717) is 19.6 Å². The summed E-state index contributed by atoms with van der Waals surface area (Å²) < 4.78 is 0. The van der Waals surface area contributed by atoms with Crippen LogP contribution in [0.15, 0.2) is 0 Å². The molecule has 0 heterocycles. The van der Waals surface area contributed by atoms with E-state index in [4.69, 9.17) is 5.11 Å². The van der Waals surface area contributed by atoms with Crippen LogP contribution in [0.25, 0.3) is 0 Å². The monoisotopic (exact) mass is 258 g/mol. The Labute approximate surface area is 110 Å². The maximum Gasteiger partial charge on any atom is 0.323 e. The van der Waals surface area contributed by atoms with Crippen molar-refractivity contribution in [2.45, 2.75) is 40.5 Å². The Morgan fingerprint density at radius 2 is 1.78 bits per heavy atom. The summed E-state index contributed by atoms with van der Waals surface area (Å²) in [6.07, 6.45) is 1.97. The summed E-state index contributed by atoms with van der Waals surface area (Å²) in [7, 11) is 0. The molecule has 0 saturated heterocycles. The van der Waals surface area contributed by atoms with Gasteiger partial charge in [-0.15, -0.1) is 0 Å². The van der Waals surface area contributed by atoms with Gasteiger partial charge >= 0.3 is 12.0 Å². The van der Waals surface area contributed by atoms with Crippen LogP contribution in [0.3, 0.4) is 0 Å². The van der Waals surface area contributed by atoms with Gasteiger partial charge in [-0.2, -0.15) is 0 Å². The lowest BCUT2D eigenvalue weighted by atomic mass is 10.2. The summed E-state index contributed by atoms with van der Waals surface area (Å²) in [5.41, 5.74) is 0. The van der Waals surface area contributed by atoms with Crippen LogP contribution in [0.5, 0.6) is 0 Å². The zero-order chi connectivity index (χ0) is 14.1. The van der Waals surface area contributed by atoms with Gasteiger partial charge in [0.25, 0.3) is 0 Å². The van der Waals surface area contributed by atoms with Crippen molar-refractivity contribution in [3.05, 3.63) is 0 Å².